The lowest BCUT2D eigenvalue weighted by atomic mass is 9.66. The number of nitrogen functional groups attached to an aromatic ring is 1. The van der Waals surface area contributed by atoms with Crippen LogP contribution in [0.15, 0.2) is 43.0 Å². The van der Waals surface area contributed by atoms with E-state index in [1.165, 1.54) is 30.1 Å². The maximum Gasteiger partial charge on any atom is 0.421 e. The molecule has 0 radical (unpaired) electrons. The zero-order chi connectivity index (χ0) is 31.5. The summed E-state index contributed by atoms with van der Waals surface area (Å²) in [5.74, 6) is -0.789. The lowest BCUT2D eigenvalue weighted by Crippen LogP contribution is -2.49. The number of benzene rings is 1. The van der Waals surface area contributed by atoms with Crippen LogP contribution in [0, 0.1) is 24.1 Å². The van der Waals surface area contributed by atoms with Gasteiger partial charge in [-0.15, -0.1) is 0 Å². The van der Waals surface area contributed by atoms with Gasteiger partial charge in [-0.1, -0.05) is 12.1 Å². The number of aliphatic hydroxyl groups is 1. The van der Waals surface area contributed by atoms with Gasteiger partial charge in [0.1, 0.15) is 0 Å². The Morgan fingerprint density at radius 1 is 1.35 bits per heavy atom. The molecule has 1 saturated carbocycles. The summed E-state index contributed by atoms with van der Waals surface area (Å²) in [4.78, 5) is 20.6. The summed E-state index contributed by atoms with van der Waals surface area (Å²) in [6.45, 7) is -2.13. The van der Waals surface area contributed by atoms with Gasteiger partial charge in [0.25, 0.3) is 0 Å². The molecule has 0 saturated heterocycles. The van der Waals surface area contributed by atoms with Crippen LogP contribution in [-0.4, -0.2) is 48.5 Å². The van der Waals surface area contributed by atoms with E-state index in [9.17, 15) is 28.3 Å². The summed E-state index contributed by atoms with van der Waals surface area (Å²) in [6.07, 6.45) is 1.65. The van der Waals surface area contributed by atoms with E-state index in [1.807, 2.05) is 0 Å². The molecule has 1 atom stereocenters. The number of nitrogens with two attached hydrogens (primary N) is 1. The quantitative estimate of drug-likeness (QED) is 0.338. The Balaban J connectivity index is 1.62. The number of hydrogen-bond donors (Lipinski definition) is 2. The van der Waals surface area contributed by atoms with Crippen molar-refractivity contribution in [1.82, 2.24) is 24.1 Å². The smallest absolute Gasteiger partial charge is 0.421 e. The number of hydrogen-bond acceptors (Lipinski definition) is 8. The van der Waals surface area contributed by atoms with Gasteiger partial charge in [0, 0.05) is 27.6 Å². The highest BCUT2D eigenvalue weighted by atomic mass is 19.4. The van der Waals surface area contributed by atoms with E-state index >= 15 is 0 Å². The molecule has 0 aliphatic heterocycles. The van der Waals surface area contributed by atoms with Crippen LogP contribution in [0.2, 0.25) is 0 Å². The first-order valence-electron chi connectivity index (χ1n) is 13.6. The van der Waals surface area contributed by atoms with Crippen LogP contribution in [-0.2, 0) is 20.7 Å². The molecule has 1 aliphatic rings. The predicted molar refractivity (Wildman–Crippen MR) is 137 cm³/mol. The van der Waals surface area contributed by atoms with Crippen LogP contribution in [0.25, 0.3) is 28.2 Å². The normalized spacial score (nSPS) is 21.9. The maximum atomic E-state index is 13.7. The third-order valence-corrected chi connectivity index (χ3v) is 7.49. The number of aryl methyl sites for hydroxylation is 1. The Morgan fingerprint density at radius 3 is 2.75 bits per heavy atom. The zero-order valence-electron chi connectivity index (χ0n) is 24.4. The molecule has 3 N–H and O–H groups in total. The number of imidazole rings is 1. The third kappa shape index (κ3) is 4.24. The summed E-state index contributed by atoms with van der Waals surface area (Å²) in [5.41, 5.74) is 2.24. The van der Waals surface area contributed by atoms with Crippen molar-refractivity contribution < 1.29 is 31.9 Å². The molecule has 10 nitrogen and oxygen atoms in total. The summed E-state index contributed by atoms with van der Waals surface area (Å²) in [7, 11) is 1.30. The highest BCUT2D eigenvalue weighted by Crippen LogP contribution is 2.47. The van der Waals surface area contributed by atoms with E-state index in [4.69, 9.17) is 14.6 Å². The third-order valence-electron chi connectivity index (χ3n) is 7.49. The number of ether oxygens (including phenoxy) is 1. The van der Waals surface area contributed by atoms with E-state index in [2.05, 4.69) is 21.1 Å². The van der Waals surface area contributed by atoms with E-state index in [1.54, 1.807) is 10.9 Å². The fraction of sp³-hybridized carbons (Fsp3) is 0.370. The molecule has 1 unspecified atom stereocenters. The molecule has 1 fully saturated rings. The van der Waals surface area contributed by atoms with Crippen LogP contribution in [0.1, 0.15) is 41.4 Å². The van der Waals surface area contributed by atoms with Crippen molar-refractivity contribution in [2.24, 2.45) is 5.92 Å². The molecule has 13 heteroatoms. The van der Waals surface area contributed by atoms with E-state index in [0.717, 1.165) is 18.2 Å². The van der Waals surface area contributed by atoms with Crippen molar-refractivity contribution in [3.63, 3.8) is 0 Å². The fourth-order valence-electron chi connectivity index (χ4n) is 5.04. The molecule has 40 heavy (non-hydrogen) atoms. The van der Waals surface area contributed by atoms with Gasteiger partial charge < -0.3 is 15.6 Å². The summed E-state index contributed by atoms with van der Waals surface area (Å²) < 4.78 is 72.8. The Morgan fingerprint density at radius 2 is 2.10 bits per heavy atom. The van der Waals surface area contributed by atoms with E-state index in [-0.39, 0.29) is 52.3 Å². The van der Waals surface area contributed by atoms with Crippen molar-refractivity contribution in [2.75, 3.05) is 12.8 Å². The molecule has 5 rings (SSSR count). The number of nitriles is 1. The number of nitrogens with zero attached hydrogens (tertiary/aromatic N) is 6. The average Bonchev–Trinajstić information content (AvgIpc) is 3.57. The molecule has 208 valence electrons. The molecule has 3 heterocycles. The minimum absolute atomic E-state index is 0.0495. The number of fused-ring (bicyclic) bond motifs is 1. The van der Waals surface area contributed by atoms with E-state index < -0.39 is 29.7 Å². The number of rotatable bonds is 6. The average molecular weight is 557 g/mol. The Bertz CT molecular complexity index is 1770. The first kappa shape index (κ1) is 23.4. The summed E-state index contributed by atoms with van der Waals surface area (Å²) in [5, 5.41) is 24.2. The van der Waals surface area contributed by atoms with Gasteiger partial charge in [0.15, 0.2) is 17.1 Å². The number of carbonyl (C=O) groups excluding carboxylic acids is 1. The second-order valence-corrected chi connectivity index (χ2v) is 10.0. The van der Waals surface area contributed by atoms with E-state index in [0.29, 0.717) is 25.3 Å². The molecular formula is C27H26F3N7O3. The van der Waals surface area contributed by atoms with Gasteiger partial charge in [0.2, 0.25) is 0 Å². The van der Waals surface area contributed by atoms with Crippen LogP contribution < -0.4 is 5.73 Å². The van der Waals surface area contributed by atoms with Gasteiger partial charge in [0.05, 0.1) is 54.8 Å². The highest BCUT2D eigenvalue weighted by Gasteiger charge is 2.51. The molecule has 0 bridgehead atoms. The molecule has 3 aromatic heterocycles. The zero-order valence-corrected chi connectivity index (χ0v) is 21.4. The van der Waals surface area contributed by atoms with Crippen molar-refractivity contribution >= 4 is 17.4 Å². The van der Waals surface area contributed by atoms with Gasteiger partial charge in [-0.25, -0.2) is 9.97 Å². The maximum absolute atomic E-state index is 13.7. The monoisotopic (exact) mass is 556 g/mol. The number of esters is 1. The number of methoxy groups -OCH3 is 1. The molecule has 1 aliphatic carbocycles. The van der Waals surface area contributed by atoms with Crippen LogP contribution in [0.5, 0.6) is 0 Å². The Kier molecular flexibility index (Phi) is 5.47. The standard InChI is InChI=1S/C27H26F3N7O3/c1-15-4-5-18(25(2,39)27(28,29)30)8-19(15)21-12-33-23-22(32)35-20(14-36(21)23)17-11-34-37(13-17)26(6-7-31)9-16(10-26)24(38)40-3/h4-5,8,11-14,16,39H,6,9-10H2,1-3H3,(H2,32,35)/i1D3. The summed E-state index contributed by atoms with van der Waals surface area (Å²) >= 11 is 0. The second-order valence-electron chi connectivity index (χ2n) is 10.0. The number of halogens is 3. The van der Waals surface area contributed by atoms with Crippen molar-refractivity contribution in [3.05, 3.63) is 54.1 Å². The second kappa shape index (κ2) is 9.34. The van der Waals surface area contributed by atoms with Crippen LogP contribution >= 0.6 is 0 Å². The number of anilines is 1. The van der Waals surface area contributed by atoms with Crippen molar-refractivity contribution in [2.45, 2.75) is 50.4 Å². The lowest BCUT2D eigenvalue weighted by Gasteiger charge is -2.45. The molecule has 0 spiro atoms. The molecule has 0 amide bonds. The van der Waals surface area contributed by atoms with Gasteiger partial charge in [-0.05, 0) is 43.8 Å². The van der Waals surface area contributed by atoms with Gasteiger partial charge in [-0.3, -0.25) is 13.9 Å². The number of aromatic nitrogens is 5. The van der Waals surface area contributed by atoms with Gasteiger partial charge >= 0.3 is 12.1 Å². The van der Waals surface area contributed by atoms with Gasteiger partial charge in [-0.2, -0.15) is 23.5 Å². The Labute approximate surface area is 231 Å². The number of alkyl halides is 3. The lowest BCUT2D eigenvalue weighted by molar-refractivity contribution is -0.258. The SMILES string of the molecule is [2H]C([2H])([2H])c1ccc(C(C)(O)C(F)(F)F)cc1-c1cnc2c(N)nc(-c3cnn(C4(CC#N)CC(C(=O)OC)C4)c3)cn12. The van der Waals surface area contributed by atoms with Crippen LogP contribution in [0.4, 0.5) is 19.0 Å². The molecular weight excluding hydrogens is 527 g/mol. The first-order valence-corrected chi connectivity index (χ1v) is 12.1. The van der Waals surface area contributed by atoms with Crippen molar-refractivity contribution in [3.8, 4) is 28.6 Å². The van der Waals surface area contributed by atoms with Crippen molar-refractivity contribution in [1.29, 1.82) is 5.26 Å². The highest BCUT2D eigenvalue weighted by molar-refractivity contribution is 5.75. The first-order chi connectivity index (χ1) is 20.0. The number of carbonyl (C=O) groups is 1. The topological polar surface area (TPSA) is 144 Å². The predicted octanol–water partition coefficient (Wildman–Crippen LogP) is 4.11. The largest absolute Gasteiger partial charge is 0.469 e. The summed E-state index contributed by atoms with van der Waals surface area (Å²) in [6, 6.07) is 5.08. The molecule has 1 aromatic carbocycles. The minimum atomic E-state index is -5.03. The minimum Gasteiger partial charge on any atom is -0.469 e. The van der Waals surface area contributed by atoms with Crippen LogP contribution in [0.3, 0.4) is 0 Å². The molecule has 4 aromatic rings. The Hall–Kier alpha value is -4.44. The fourth-order valence-corrected chi connectivity index (χ4v) is 5.04.